The van der Waals surface area contributed by atoms with E-state index in [0.29, 0.717) is 36.3 Å². The molecule has 0 saturated carbocycles. The topological polar surface area (TPSA) is 53.3 Å². The van der Waals surface area contributed by atoms with E-state index in [1.165, 1.54) is 11.1 Å². The van der Waals surface area contributed by atoms with E-state index >= 15 is 0 Å². The van der Waals surface area contributed by atoms with Gasteiger partial charge in [-0.25, -0.2) is 0 Å². The highest BCUT2D eigenvalue weighted by Gasteiger charge is 2.32. The Bertz CT molecular complexity index is 838. The number of hydrogen-bond donors (Lipinski definition) is 0. The fraction of sp³-hybridized carbons (Fsp3) is 0.417. The van der Waals surface area contributed by atoms with Gasteiger partial charge < -0.3 is 9.64 Å². The van der Waals surface area contributed by atoms with Crippen molar-refractivity contribution in [3.63, 3.8) is 0 Å². The van der Waals surface area contributed by atoms with Crippen LogP contribution < -0.4 is 4.74 Å². The summed E-state index contributed by atoms with van der Waals surface area (Å²) in [5, 5.41) is 8.91. The molecule has 1 aliphatic heterocycles. The van der Waals surface area contributed by atoms with Gasteiger partial charge in [0.25, 0.3) is 0 Å². The Labute approximate surface area is 167 Å². The molecular formula is C24H28N2O2. The van der Waals surface area contributed by atoms with E-state index in [0.717, 1.165) is 25.8 Å². The zero-order valence-electron chi connectivity index (χ0n) is 16.7. The molecule has 0 aromatic heterocycles. The third kappa shape index (κ3) is 5.13. The smallest absolute Gasteiger partial charge is 0.222 e. The van der Waals surface area contributed by atoms with Crippen LogP contribution in [0.15, 0.2) is 48.5 Å². The number of carbonyl (C=O) groups excluding carboxylic acids is 1. The molecule has 1 heterocycles. The maximum atomic E-state index is 12.7. The molecule has 3 rings (SSSR count). The van der Waals surface area contributed by atoms with E-state index < -0.39 is 0 Å². The number of hydrogen-bond acceptors (Lipinski definition) is 3. The van der Waals surface area contributed by atoms with Crippen LogP contribution in [0.5, 0.6) is 5.75 Å². The number of ether oxygens (including phenoxy) is 1. The maximum Gasteiger partial charge on any atom is 0.222 e. The lowest BCUT2D eigenvalue weighted by molar-refractivity contribution is -0.131. The third-order valence-electron chi connectivity index (χ3n) is 5.46. The molecule has 0 bridgehead atoms. The van der Waals surface area contributed by atoms with Gasteiger partial charge in [-0.1, -0.05) is 35.9 Å². The minimum Gasteiger partial charge on any atom is -0.494 e. The number of unbranched alkanes of at least 4 members (excludes halogenated alkanes) is 1. The average molecular weight is 377 g/mol. The summed E-state index contributed by atoms with van der Waals surface area (Å²) in [6.45, 7) is 5.63. The first-order valence-corrected chi connectivity index (χ1v) is 10.1. The van der Waals surface area contributed by atoms with Crippen LogP contribution in [0.25, 0.3) is 0 Å². The van der Waals surface area contributed by atoms with Crippen LogP contribution in [-0.4, -0.2) is 30.0 Å². The Morgan fingerprint density at radius 3 is 2.75 bits per heavy atom. The van der Waals surface area contributed by atoms with Crippen molar-refractivity contribution < 1.29 is 9.53 Å². The van der Waals surface area contributed by atoms with E-state index in [-0.39, 0.29) is 5.91 Å². The Hall–Kier alpha value is -2.80. The second-order valence-corrected chi connectivity index (χ2v) is 7.68. The number of carbonyl (C=O) groups is 1. The van der Waals surface area contributed by atoms with Crippen molar-refractivity contribution in [3.8, 4) is 11.8 Å². The number of aryl methyl sites for hydroxylation is 1. The second kappa shape index (κ2) is 9.41. The summed E-state index contributed by atoms with van der Waals surface area (Å²) in [4.78, 5) is 14.7. The Morgan fingerprint density at radius 1 is 1.21 bits per heavy atom. The summed E-state index contributed by atoms with van der Waals surface area (Å²) >= 11 is 0. The van der Waals surface area contributed by atoms with Gasteiger partial charge in [-0.2, -0.15) is 5.26 Å². The van der Waals surface area contributed by atoms with Gasteiger partial charge in [0.05, 0.1) is 18.2 Å². The Kier molecular flexibility index (Phi) is 6.71. The largest absolute Gasteiger partial charge is 0.494 e. The van der Waals surface area contributed by atoms with Gasteiger partial charge in [0.2, 0.25) is 5.91 Å². The van der Waals surface area contributed by atoms with E-state index in [2.05, 4.69) is 44.2 Å². The molecule has 28 heavy (non-hydrogen) atoms. The molecule has 1 saturated heterocycles. The van der Waals surface area contributed by atoms with E-state index in [4.69, 9.17) is 10.00 Å². The van der Waals surface area contributed by atoms with E-state index in [9.17, 15) is 4.79 Å². The summed E-state index contributed by atoms with van der Waals surface area (Å²) in [6.07, 6.45) is 3.24. The quantitative estimate of drug-likeness (QED) is 0.651. The second-order valence-electron chi connectivity index (χ2n) is 7.68. The molecule has 0 radical (unpaired) electrons. The molecule has 0 spiro atoms. The monoisotopic (exact) mass is 376 g/mol. The van der Waals surface area contributed by atoms with Crippen molar-refractivity contribution in [2.75, 3.05) is 13.2 Å². The summed E-state index contributed by atoms with van der Waals surface area (Å²) in [7, 11) is 0. The molecule has 2 aromatic rings. The first-order valence-electron chi connectivity index (χ1n) is 10.1. The van der Waals surface area contributed by atoms with Crippen molar-refractivity contribution in [2.45, 2.75) is 51.5 Å². The number of likely N-dealkylation sites (tertiary alicyclic amines) is 1. The van der Waals surface area contributed by atoms with Gasteiger partial charge in [0.1, 0.15) is 5.75 Å². The third-order valence-corrected chi connectivity index (χ3v) is 5.46. The van der Waals surface area contributed by atoms with Gasteiger partial charge >= 0.3 is 0 Å². The van der Waals surface area contributed by atoms with Crippen LogP contribution in [0.1, 0.15) is 55.2 Å². The van der Waals surface area contributed by atoms with Crippen LogP contribution in [0.2, 0.25) is 0 Å². The molecular weight excluding hydrogens is 348 g/mol. The van der Waals surface area contributed by atoms with Crippen molar-refractivity contribution in [3.05, 3.63) is 65.2 Å². The first-order chi connectivity index (χ1) is 13.6. The predicted octanol–water partition coefficient (Wildman–Crippen LogP) is 4.82. The fourth-order valence-corrected chi connectivity index (χ4v) is 3.83. The summed E-state index contributed by atoms with van der Waals surface area (Å²) in [6, 6.07) is 18.3. The highest BCUT2D eigenvalue weighted by Crippen LogP contribution is 2.32. The highest BCUT2D eigenvalue weighted by atomic mass is 16.5. The summed E-state index contributed by atoms with van der Waals surface area (Å²) in [5.41, 5.74) is 3.20. The molecule has 0 unspecified atom stereocenters. The van der Waals surface area contributed by atoms with Gasteiger partial charge in [-0.3, -0.25) is 4.79 Å². The van der Waals surface area contributed by atoms with Crippen LogP contribution in [0, 0.1) is 18.3 Å². The molecule has 4 heteroatoms. The molecule has 2 atom stereocenters. The number of amides is 1. The number of nitrogens with zero attached hydrogens (tertiary/aromatic N) is 2. The number of nitriles is 1. The Balaban J connectivity index is 1.41. The molecule has 1 aliphatic rings. The minimum absolute atomic E-state index is 0.244. The minimum atomic E-state index is 0.244. The lowest BCUT2D eigenvalue weighted by atomic mass is 9.96. The fourth-order valence-electron chi connectivity index (χ4n) is 3.83. The predicted molar refractivity (Wildman–Crippen MR) is 110 cm³/mol. The maximum absolute atomic E-state index is 12.7. The standard InChI is InChI=1S/C24H28N2O2/c1-18-9-11-21(12-10-18)22-14-19(2)26(17-22)24(27)8-3-4-13-28-23-7-5-6-20(15-23)16-25/h5-7,9-12,15,19,22H,3-4,8,13-14,17H2,1-2H3/t19-,22+/m0/s1. The van der Waals surface area contributed by atoms with Crippen molar-refractivity contribution in [2.24, 2.45) is 0 Å². The lowest BCUT2D eigenvalue weighted by Gasteiger charge is -2.21. The van der Waals surface area contributed by atoms with Crippen LogP contribution in [0.3, 0.4) is 0 Å². The molecule has 2 aromatic carbocycles. The molecule has 1 amide bonds. The van der Waals surface area contributed by atoms with Gasteiger partial charge in [0.15, 0.2) is 0 Å². The molecule has 0 aliphatic carbocycles. The van der Waals surface area contributed by atoms with Crippen molar-refractivity contribution in [1.29, 1.82) is 5.26 Å². The molecule has 4 nitrogen and oxygen atoms in total. The SMILES string of the molecule is Cc1ccc([C@@H]2C[C@H](C)N(C(=O)CCCCOc3cccc(C#N)c3)C2)cc1. The van der Waals surface area contributed by atoms with E-state index in [1.807, 2.05) is 17.0 Å². The van der Waals surface area contributed by atoms with Gasteiger partial charge in [-0.15, -0.1) is 0 Å². The van der Waals surface area contributed by atoms with Crippen LogP contribution >= 0.6 is 0 Å². The summed E-state index contributed by atoms with van der Waals surface area (Å²) in [5.74, 6) is 1.39. The highest BCUT2D eigenvalue weighted by molar-refractivity contribution is 5.77. The lowest BCUT2D eigenvalue weighted by Crippen LogP contribution is -2.33. The van der Waals surface area contributed by atoms with Crippen molar-refractivity contribution in [1.82, 2.24) is 4.90 Å². The van der Waals surface area contributed by atoms with Gasteiger partial charge in [-0.05, 0) is 56.9 Å². The van der Waals surface area contributed by atoms with E-state index in [1.54, 1.807) is 12.1 Å². The molecule has 0 N–H and O–H groups in total. The normalized spacial score (nSPS) is 18.7. The van der Waals surface area contributed by atoms with Crippen LogP contribution in [-0.2, 0) is 4.79 Å². The van der Waals surface area contributed by atoms with Crippen molar-refractivity contribution >= 4 is 5.91 Å². The molecule has 1 fully saturated rings. The molecule has 146 valence electrons. The summed E-state index contributed by atoms with van der Waals surface area (Å²) < 4.78 is 5.69. The van der Waals surface area contributed by atoms with Gasteiger partial charge in [0, 0.05) is 24.9 Å². The Morgan fingerprint density at radius 2 is 2.00 bits per heavy atom. The zero-order valence-corrected chi connectivity index (χ0v) is 16.7. The average Bonchev–Trinajstić information content (AvgIpc) is 3.10. The number of rotatable bonds is 7. The first kappa shape index (κ1) is 19.9. The zero-order chi connectivity index (χ0) is 19.9. The number of benzene rings is 2. The van der Waals surface area contributed by atoms with Crippen LogP contribution in [0.4, 0.5) is 0 Å².